The summed E-state index contributed by atoms with van der Waals surface area (Å²) in [6.45, 7) is 4.68. The fourth-order valence-electron chi connectivity index (χ4n) is 1.77. The number of halogens is 1. The number of alkyl halides is 1. The minimum atomic E-state index is -0.694. The van der Waals surface area contributed by atoms with Crippen LogP contribution in [0.1, 0.15) is 31.2 Å². The van der Waals surface area contributed by atoms with Gasteiger partial charge in [-0.25, -0.2) is 9.37 Å². The van der Waals surface area contributed by atoms with E-state index < -0.39 is 6.17 Å². The van der Waals surface area contributed by atoms with Crippen LogP contribution >= 0.6 is 0 Å². The number of rotatable bonds is 1. The van der Waals surface area contributed by atoms with Crippen LogP contribution in [0.25, 0.3) is 0 Å². The van der Waals surface area contributed by atoms with Crippen molar-refractivity contribution in [2.24, 2.45) is 0 Å². The topological polar surface area (TPSA) is 17.8 Å². The molecule has 0 aromatic carbocycles. The first-order valence-electron chi connectivity index (χ1n) is 4.36. The third kappa shape index (κ3) is 1.04. The third-order valence-corrected chi connectivity index (χ3v) is 2.34. The zero-order valence-electron chi connectivity index (χ0n) is 7.42. The second kappa shape index (κ2) is 2.57. The Kier molecular flexibility index (Phi) is 1.67. The number of nitrogens with zero attached hydrogens (tertiary/aromatic N) is 2. The van der Waals surface area contributed by atoms with Gasteiger partial charge in [0.2, 0.25) is 0 Å². The first kappa shape index (κ1) is 7.77. The molecule has 0 saturated heterocycles. The largest absolute Gasteiger partial charge is 0.331 e. The van der Waals surface area contributed by atoms with Crippen molar-refractivity contribution in [2.45, 2.75) is 38.9 Å². The molecule has 66 valence electrons. The summed E-state index contributed by atoms with van der Waals surface area (Å²) in [4.78, 5) is 4.27. The van der Waals surface area contributed by atoms with E-state index in [0.29, 0.717) is 18.9 Å². The number of imidazole rings is 1. The quantitative estimate of drug-likeness (QED) is 0.626. The molecule has 0 aliphatic carbocycles. The number of hydrogen-bond donors (Lipinski definition) is 0. The minimum Gasteiger partial charge on any atom is -0.331 e. The molecule has 2 rings (SSSR count). The van der Waals surface area contributed by atoms with Gasteiger partial charge < -0.3 is 4.57 Å². The highest BCUT2D eigenvalue weighted by atomic mass is 19.1. The van der Waals surface area contributed by atoms with Crippen LogP contribution in [0.15, 0.2) is 6.33 Å². The summed E-state index contributed by atoms with van der Waals surface area (Å²) in [6.07, 6.45) is 1.61. The average molecular weight is 168 g/mol. The summed E-state index contributed by atoms with van der Waals surface area (Å²) in [5, 5.41) is 0. The van der Waals surface area contributed by atoms with Crippen molar-refractivity contribution in [3.05, 3.63) is 17.7 Å². The highest BCUT2D eigenvalue weighted by Crippen LogP contribution is 2.25. The Hall–Kier alpha value is -0.860. The van der Waals surface area contributed by atoms with E-state index in [1.807, 2.05) is 4.57 Å². The maximum absolute atomic E-state index is 12.9. The van der Waals surface area contributed by atoms with Crippen LogP contribution in [0.2, 0.25) is 0 Å². The van der Waals surface area contributed by atoms with Crippen molar-refractivity contribution in [1.29, 1.82) is 0 Å². The molecule has 1 aliphatic heterocycles. The zero-order chi connectivity index (χ0) is 8.72. The van der Waals surface area contributed by atoms with Crippen LogP contribution in [0.3, 0.4) is 0 Å². The molecule has 0 saturated carbocycles. The second-order valence-corrected chi connectivity index (χ2v) is 3.68. The van der Waals surface area contributed by atoms with Gasteiger partial charge in [-0.15, -0.1) is 0 Å². The summed E-state index contributed by atoms with van der Waals surface area (Å²) in [6, 6.07) is 0. The van der Waals surface area contributed by atoms with Crippen LogP contribution in [0, 0.1) is 0 Å². The molecule has 0 N–H and O–H groups in total. The summed E-state index contributed by atoms with van der Waals surface area (Å²) in [5.74, 6) is 0.409. The van der Waals surface area contributed by atoms with E-state index in [9.17, 15) is 4.39 Å². The lowest BCUT2D eigenvalue weighted by molar-refractivity contribution is 0.328. The van der Waals surface area contributed by atoms with Crippen LogP contribution in [-0.4, -0.2) is 15.7 Å². The molecule has 0 amide bonds. The Morgan fingerprint density at radius 1 is 1.67 bits per heavy atom. The predicted octanol–water partition coefficient (Wildman–Crippen LogP) is 1.90. The van der Waals surface area contributed by atoms with Crippen LogP contribution < -0.4 is 0 Å². The lowest BCUT2D eigenvalue weighted by Crippen LogP contribution is -2.01. The van der Waals surface area contributed by atoms with Crippen molar-refractivity contribution >= 4 is 0 Å². The molecular formula is C9H13FN2. The van der Waals surface area contributed by atoms with Crippen molar-refractivity contribution in [3.63, 3.8) is 0 Å². The Bertz CT molecular complexity index is 291. The average Bonchev–Trinajstić information content (AvgIpc) is 2.43. The summed E-state index contributed by atoms with van der Waals surface area (Å²) in [7, 11) is 0. The molecule has 0 fully saturated rings. The molecule has 1 aliphatic rings. The maximum atomic E-state index is 12.9. The van der Waals surface area contributed by atoms with Gasteiger partial charge in [-0.2, -0.15) is 0 Å². The molecular weight excluding hydrogens is 155 g/mol. The molecule has 0 bridgehead atoms. The second-order valence-electron chi connectivity index (χ2n) is 3.68. The third-order valence-electron chi connectivity index (χ3n) is 2.34. The summed E-state index contributed by atoms with van der Waals surface area (Å²) >= 11 is 0. The van der Waals surface area contributed by atoms with Crippen molar-refractivity contribution < 1.29 is 4.39 Å². The standard InChI is InChI=1S/C9H13FN2/c1-6(2)9-8-3-7(10)4-12(8)5-11-9/h5-7H,3-4H2,1-2H3. The molecule has 1 aromatic rings. The van der Waals surface area contributed by atoms with Gasteiger partial charge in [-0.05, 0) is 5.92 Å². The predicted molar refractivity (Wildman–Crippen MR) is 44.9 cm³/mol. The first-order chi connectivity index (χ1) is 5.68. The van der Waals surface area contributed by atoms with Gasteiger partial charge in [0.15, 0.2) is 0 Å². The smallest absolute Gasteiger partial charge is 0.123 e. The Morgan fingerprint density at radius 2 is 2.42 bits per heavy atom. The number of fused-ring (bicyclic) bond motifs is 1. The maximum Gasteiger partial charge on any atom is 0.123 e. The molecule has 2 heterocycles. The van der Waals surface area contributed by atoms with E-state index in [-0.39, 0.29) is 0 Å². The Labute approximate surface area is 71.4 Å². The van der Waals surface area contributed by atoms with Crippen LogP contribution in [-0.2, 0) is 13.0 Å². The molecule has 12 heavy (non-hydrogen) atoms. The van der Waals surface area contributed by atoms with Gasteiger partial charge >= 0.3 is 0 Å². The summed E-state index contributed by atoms with van der Waals surface area (Å²) in [5.41, 5.74) is 2.16. The van der Waals surface area contributed by atoms with E-state index in [1.165, 1.54) is 0 Å². The van der Waals surface area contributed by atoms with E-state index in [1.54, 1.807) is 6.33 Å². The minimum absolute atomic E-state index is 0.409. The van der Waals surface area contributed by atoms with Gasteiger partial charge in [-0.3, -0.25) is 0 Å². The SMILES string of the molecule is CC(C)c1ncn2c1CC(F)C2. The van der Waals surface area contributed by atoms with Gasteiger partial charge in [0.1, 0.15) is 6.17 Å². The fourth-order valence-corrected chi connectivity index (χ4v) is 1.77. The van der Waals surface area contributed by atoms with E-state index in [2.05, 4.69) is 18.8 Å². The van der Waals surface area contributed by atoms with Gasteiger partial charge in [0.25, 0.3) is 0 Å². The monoisotopic (exact) mass is 168 g/mol. The first-order valence-corrected chi connectivity index (χ1v) is 4.36. The van der Waals surface area contributed by atoms with Gasteiger partial charge in [-0.1, -0.05) is 13.8 Å². The van der Waals surface area contributed by atoms with Gasteiger partial charge in [0.05, 0.1) is 18.6 Å². The number of hydrogen-bond acceptors (Lipinski definition) is 1. The fraction of sp³-hybridized carbons (Fsp3) is 0.667. The molecule has 1 unspecified atom stereocenters. The molecule has 2 nitrogen and oxygen atoms in total. The van der Waals surface area contributed by atoms with Crippen LogP contribution in [0.4, 0.5) is 4.39 Å². The molecule has 3 heteroatoms. The normalized spacial score (nSPS) is 21.8. The van der Waals surface area contributed by atoms with E-state index >= 15 is 0 Å². The molecule has 1 atom stereocenters. The lowest BCUT2D eigenvalue weighted by Gasteiger charge is -2.02. The summed E-state index contributed by atoms with van der Waals surface area (Å²) < 4.78 is 14.9. The van der Waals surface area contributed by atoms with Crippen molar-refractivity contribution in [2.75, 3.05) is 0 Å². The molecule has 0 spiro atoms. The van der Waals surface area contributed by atoms with E-state index in [0.717, 1.165) is 11.4 Å². The molecule has 1 aromatic heterocycles. The Balaban J connectivity index is 2.37. The highest BCUT2D eigenvalue weighted by Gasteiger charge is 2.25. The van der Waals surface area contributed by atoms with Gasteiger partial charge in [0, 0.05) is 12.1 Å². The highest BCUT2D eigenvalue weighted by molar-refractivity contribution is 5.20. The number of aromatic nitrogens is 2. The molecule has 0 radical (unpaired) electrons. The van der Waals surface area contributed by atoms with Crippen molar-refractivity contribution in [1.82, 2.24) is 9.55 Å². The Morgan fingerprint density at radius 3 is 3.08 bits per heavy atom. The van der Waals surface area contributed by atoms with Crippen LogP contribution in [0.5, 0.6) is 0 Å². The lowest BCUT2D eigenvalue weighted by atomic mass is 10.1. The van der Waals surface area contributed by atoms with E-state index in [4.69, 9.17) is 0 Å². The van der Waals surface area contributed by atoms with Crippen molar-refractivity contribution in [3.8, 4) is 0 Å². The zero-order valence-corrected chi connectivity index (χ0v) is 7.42.